The van der Waals surface area contributed by atoms with Crippen molar-refractivity contribution in [1.82, 2.24) is 4.90 Å². The molecule has 1 unspecified atom stereocenters. The van der Waals surface area contributed by atoms with Crippen LogP contribution in [0.15, 0.2) is 18.2 Å². The molecule has 0 saturated heterocycles. The van der Waals surface area contributed by atoms with E-state index in [1.165, 1.54) is 16.7 Å². The van der Waals surface area contributed by atoms with Crippen LogP contribution in [0.25, 0.3) is 0 Å². The van der Waals surface area contributed by atoms with Crippen LogP contribution in [-0.2, 0) is 0 Å². The summed E-state index contributed by atoms with van der Waals surface area (Å²) in [5.74, 6) is 0.654. The molecule has 2 heteroatoms. The number of rotatable bonds is 6. The average Bonchev–Trinajstić information content (AvgIpc) is 2.32. The summed E-state index contributed by atoms with van der Waals surface area (Å²) >= 11 is 0. The van der Waals surface area contributed by atoms with Gasteiger partial charge in [-0.1, -0.05) is 37.6 Å². The van der Waals surface area contributed by atoms with Crippen LogP contribution in [0, 0.1) is 19.8 Å². The van der Waals surface area contributed by atoms with Gasteiger partial charge in [0.2, 0.25) is 0 Å². The van der Waals surface area contributed by atoms with Gasteiger partial charge in [0.1, 0.15) is 0 Å². The number of hydrogen-bond acceptors (Lipinski definition) is 2. The second-order valence-corrected chi connectivity index (χ2v) is 6.30. The quantitative estimate of drug-likeness (QED) is 0.847. The Morgan fingerprint density at radius 1 is 1.11 bits per heavy atom. The second kappa shape index (κ2) is 7.06. The maximum absolute atomic E-state index is 6.10. The third kappa shape index (κ3) is 4.32. The molecule has 0 amide bonds. The van der Waals surface area contributed by atoms with Crippen molar-refractivity contribution in [1.29, 1.82) is 0 Å². The van der Waals surface area contributed by atoms with Gasteiger partial charge in [0.05, 0.1) is 0 Å². The molecule has 0 heterocycles. The van der Waals surface area contributed by atoms with Gasteiger partial charge in [0, 0.05) is 25.2 Å². The second-order valence-electron chi connectivity index (χ2n) is 6.30. The van der Waals surface area contributed by atoms with Gasteiger partial charge in [-0.15, -0.1) is 0 Å². The zero-order chi connectivity index (χ0) is 14.6. The summed E-state index contributed by atoms with van der Waals surface area (Å²) in [5, 5.41) is 0. The average molecular weight is 262 g/mol. The molecular formula is C17H30N2. The van der Waals surface area contributed by atoms with Gasteiger partial charge in [0.15, 0.2) is 0 Å². The molecule has 0 fully saturated rings. The molecule has 108 valence electrons. The van der Waals surface area contributed by atoms with Crippen molar-refractivity contribution < 1.29 is 0 Å². The topological polar surface area (TPSA) is 29.3 Å². The van der Waals surface area contributed by atoms with Crippen LogP contribution in [0.4, 0.5) is 0 Å². The third-order valence-electron chi connectivity index (χ3n) is 3.66. The fourth-order valence-electron chi connectivity index (χ4n) is 2.68. The maximum Gasteiger partial charge on any atom is 0.0475 e. The van der Waals surface area contributed by atoms with E-state index in [-0.39, 0.29) is 0 Å². The lowest BCUT2D eigenvalue weighted by Crippen LogP contribution is -2.41. The standard InChI is InChI=1S/C17H30N2/c1-12(2)11-19(13(3)4)17(10-18)16-9-14(5)7-8-15(16)6/h7-9,12-13,17H,10-11,18H2,1-6H3. The first-order valence-corrected chi connectivity index (χ1v) is 7.39. The van der Waals surface area contributed by atoms with E-state index in [0.717, 1.165) is 6.54 Å². The molecule has 1 rings (SSSR count). The zero-order valence-electron chi connectivity index (χ0n) is 13.4. The number of nitrogens with zero attached hydrogens (tertiary/aromatic N) is 1. The molecule has 1 aromatic carbocycles. The molecule has 1 atom stereocenters. The highest BCUT2D eigenvalue weighted by molar-refractivity contribution is 5.33. The Morgan fingerprint density at radius 3 is 2.21 bits per heavy atom. The lowest BCUT2D eigenvalue weighted by atomic mass is 9.96. The molecule has 0 aliphatic heterocycles. The Hall–Kier alpha value is -0.860. The predicted octanol–water partition coefficient (Wildman–Crippen LogP) is 3.67. The molecule has 2 nitrogen and oxygen atoms in total. The van der Waals surface area contributed by atoms with Gasteiger partial charge in [-0.3, -0.25) is 4.90 Å². The summed E-state index contributed by atoms with van der Waals surface area (Å²) in [6.45, 7) is 15.2. The molecular weight excluding hydrogens is 232 g/mol. The monoisotopic (exact) mass is 262 g/mol. The minimum absolute atomic E-state index is 0.322. The third-order valence-corrected chi connectivity index (χ3v) is 3.66. The highest BCUT2D eigenvalue weighted by Gasteiger charge is 2.23. The SMILES string of the molecule is Cc1ccc(C)c(C(CN)N(CC(C)C)C(C)C)c1. The summed E-state index contributed by atoms with van der Waals surface area (Å²) in [4.78, 5) is 2.53. The molecule has 1 aromatic rings. The number of hydrogen-bond donors (Lipinski definition) is 1. The normalized spacial score (nSPS) is 13.6. The smallest absolute Gasteiger partial charge is 0.0475 e. The van der Waals surface area contributed by atoms with Crippen LogP contribution in [0.3, 0.4) is 0 Å². The molecule has 0 spiro atoms. The van der Waals surface area contributed by atoms with Crippen molar-refractivity contribution in [3.05, 3.63) is 34.9 Å². The molecule has 0 bridgehead atoms. The molecule has 0 aliphatic carbocycles. The lowest BCUT2D eigenvalue weighted by Gasteiger charge is -2.36. The largest absolute Gasteiger partial charge is 0.329 e. The summed E-state index contributed by atoms with van der Waals surface area (Å²) in [6.07, 6.45) is 0. The van der Waals surface area contributed by atoms with Crippen LogP contribution in [-0.4, -0.2) is 24.0 Å². The van der Waals surface area contributed by atoms with Crippen LogP contribution >= 0.6 is 0 Å². The van der Waals surface area contributed by atoms with Crippen molar-refractivity contribution in [2.75, 3.05) is 13.1 Å². The number of benzene rings is 1. The Kier molecular flexibility index (Phi) is 6.02. The van der Waals surface area contributed by atoms with E-state index >= 15 is 0 Å². The summed E-state index contributed by atoms with van der Waals surface area (Å²) in [6, 6.07) is 7.51. The first-order chi connectivity index (χ1) is 8.86. The molecule has 2 N–H and O–H groups in total. The highest BCUT2D eigenvalue weighted by Crippen LogP contribution is 2.26. The van der Waals surface area contributed by atoms with Gasteiger partial charge in [-0.2, -0.15) is 0 Å². The van der Waals surface area contributed by atoms with Crippen molar-refractivity contribution >= 4 is 0 Å². The summed E-state index contributed by atoms with van der Waals surface area (Å²) in [7, 11) is 0. The van der Waals surface area contributed by atoms with E-state index in [4.69, 9.17) is 5.73 Å². The van der Waals surface area contributed by atoms with E-state index < -0.39 is 0 Å². The molecule has 0 radical (unpaired) electrons. The Balaban J connectivity index is 3.11. The van der Waals surface area contributed by atoms with E-state index in [9.17, 15) is 0 Å². The minimum Gasteiger partial charge on any atom is -0.329 e. The zero-order valence-corrected chi connectivity index (χ0v) is 13.4. The number of aryl methyl sites for hydroxylation is 2. The van der Waals surface area contributed by atoms with Gasteiger partial charge in [-0.25, -0.2) is 0 Å². The van der Waals surface area contributed by atoms with E-state index in [1.54, 1.807) is 0 Å². The number of nitrogens with two attached hydrogens (primary N) is 1. The Morgan fingerprint density at radius 2 is 1.74 bits per heavy atom. The Bertz CT molecular complexity index is 396. The van der Waals surface area contributed by atoms with Gasteiger partial charge in [0.25, 0.3) is 0 Å². The molecule has 0 saturated carbocycles. The summed E-state index contributed by atoms with van der Waals surface area (Å²) < 4.78 is 0. The van der Waals surface area contributed by atoms with E-state index in [0.29, 0.717) is 24.5 Å². The molecule has 0 aromatic heterocycles. The van der Waals surface area contributed by atoms with Gasteiger partial charge in [-0.05, 0) is 44.7 Å². The van der Waals surface area contributed by atoms with E-state index in [2.05, 4.69) is 64.6 Å². The molecule has 19 heavy (non-hydrogen) atoms. The first-order valence-electron chi connectivity index (χ1n) is 7.39. The van der Waals surface area contributed by atoms with Crippen LogP contribution in [0.1, 0.15) is 50.4 Å². The van der Waals surface area contributed by atoms with E-state index in [1.807, 2.05) is 0 Å². The predicted molar refractivity (Wildman–Crippen MR) is 84.4 cm³/mol. The minimum atomic E-state index is 0.322. The van der Waals surface area contributed by atoms with Crippen molar-refractivity contribution in [3.8, 4) is 0 Å². The lowest BCUT2D eigenvalue weighted by molar-refractivity contribution is 0.138. The fourth-order valence-corrected chi connectivity index (χ4v) is 2.68. The van der Waals surface area contributed by atoms with Crippen molar-refractivity contribution in [2.24, 2.45) is 11.7 Å². The van der Waals surface area contributed by atoms with Crippen LogP contribution in [0.5, 0.6) is 0 Å². The summed E-state index contributed by atoms with van der Waals surface area (Å²) in [5.41, 5.74) is 10.1. The first kappa shape index (κ1) is 16.2. The Labute approximate surface area is 119 Å². The maximum atomic E-state index is 6.10. The van der Waals surface area contributed by atoms with Crippen LogP contribution < -0.4 is 5.73 Å². The van der Waals surface area contributed by atoms with Crippen molar-refractivity contribution in [2.45, 2.75) is 53.6 Å². The van der Waals surface area contributed by atoms with Gasteiger partial charge >= 0.3 is 0 Å². The fraction of sp³-hybridized carbons (Fsp3) is 0.647. The van der Waals surface area contributed by atoms with Gasteiger partial charge < -0.3 is 5.73 Å². The van der Waals surface area contributed by atoms with Crippen molar-refractivity contribution in [3.63, 3.8) is 0 Å². The molecule has 0 aliphatic rings. The van der Waals surface area contributed by atoms with Crippen LogP contribution in [0.2, 0.25) is 0 Å². The highest BCUT2D eigenvalue weighted by atomic mass is 15.2.